The summed E-state index contributed by atoms with van der Waals surface area (Å²) in [6.07, 6.45) is 6.11. The minimum Gasteiger partial charge on any atom is -0.329 e. The molecule has 3 rings (SSSR count). The molecular weight excluding hydrogens is 361 g/mol. The molecule has 0 aromatic carbocycles. The highest BCUT2D eigenvalue weighted by Crippen LogP contribution is 2.27. The van der Waals surface area contributed by atoms with E-state index < -0.39 is 0 Å². The molecule has 0 spiro atoms. The molecule has 1 fully saturated rings. The van der Waals surface area contributed by atoms with Gasteiger partial charge in [0, 0.05) is 37.9 Å². The lowest BCUT2D eigenvalue weighted by Gasteiger charge is -2.31. The van der Waals surface area contributed by atoms with Crippen molar-refractivity contribution in [3.63, 3.8) is 0 Å². The monoisotopic (exact) mass is 389 g/mol. The van der Waals surface area contributed by atoms with Crippen molar-refractivity contribution >= 4 is 24.8 Å². The van der Waals surface area contributed by atoms with Crippen molar-refractivity contribution < 1.29 is 0 Å². The lowest BCUT2D eigenvalue weighted by atomic mass is 9.96. The molecule has 1 aliphatic rings. The first-order chi connectivity index (χ1) is 11.2. The lowest BCUT2D eigenvalue weighted by Crippen LogP contribution is -2.37. The molecular formula is C16H29Cl2N7. The molecule has 142 valence electrons. The average molecular weight is 390 g/mol. The largest absolute Gasteiger partial charge is 0.329 e. The van der Waals surface area contributed by atoms with Gasteiger partial charge in [0.2, 0.25) is 0 Å². The van der Waals surface area contributed by atoms with E-state index in [2.05, 4.69) is 36.1 Å². The minimum atomic E-state index is 0. The van der Waals surface area contributed by atoms with Crippen LogP contribution in [0.1, 0.15) is 43.2 Å². The molecule has 0 bridgehead atoms. The van der Waals surface area contributed by atoms with Crippen LogP contribution in [-0.4, -0.2) is 55.4 Å². The second kappa shape index (κ2) is 10.1. The Morgan fingerprint density at radius 3 is 2.48 bits per heavy atom. The zero-order valence-corrected chi connectivity index (χ0v) is 16.6. The van der Waals surface area contributed by atoms with E-state index >= 15 is 0 Å². The van der Waals surface area contributed by atoms with E-state index in [1.165, 1.54) is 0 Å². The van der Waals surface area contributed by atoms with E-state index in [9.17, 15) is 0 Å². The predicted molar refractivity (Wildman–Crippen MR) is 104 cm³/mol. The zero-order chi connectivity index (χ0) is 16.2. The van der Waals surface area contributed by atoms with Crippen LogP contribution < -0.4 is 5.73 Å². The van der Waals surface area contributed by atoms with E-state index in [-0.39, 0.29) is 24.8 Å². The Hall–Kier alpha value is -1.15. The molecule has 7 nitrogen and oxygen atoms in total. The summed E-state index contributed by atoms with van der Waals surface area (Å²) < 4.78 is 4.40. The molecule has 25 heavy (non-hydrogen) atoms. The molecule has 3 heterocycles. The molecule has 0 atom stereocenters. The van der Waals surface area contributed by atoms with Gasteiger partial charge in [-0.2, -0.15) is 0 Å². The number of rotatable bonds is 6. The van der Waals surface area contributed by atoms with Crippen molar-refractivity contribution in [3.8, 4) is 0 Å². The molecule has 0 unspecified atom stereocenters. The van der Waals surface area contributed by atoms with Crippen LogP contribution in [0.2, 0.25) is 0 Å². The molecule has 1 aliphatic heterocycles. The molecule has 2 aromatic heterocycles. The number of nitrogens with two attached hydrogens (primary N) is 1. The highest BCUT2D eigenvalue weighted by atomic mass is 35.5. The highest BCUT2D eigenvalue weighted by Gasteiger charge is 2.25. The third-order valence-electron chi connectivity index (χ3n) is 4.81. The lowest BCUT2D eigenvalue weighted by molar-refractivity contribution is 0.212. The predicted octanol–water partition coefficient (Wildman–Crippen LogP) is 1.83. The van der Waals surface area contributed by atoms with Gasteiger partial charge in [-0.15, -0.1) is 35.0 Å². The number of aryl methyl sites for hydroxylation is 1. The van der Waals surface area contributed by atoms with Crippen LogP contribution in [0.3, 0.4) is 0 Å². The fourth-order valence-electron chi connectivity index (χ4n) is 3.43. The SMILES string of the molecule is CCn1c(Cn2ccnc2C)nnc1C1CCN(CCN)CC1.Cl.Cl. The second-order valence-corrected chi connectivity index (χ2v) is 6.23. The van der Waals surface area contributed by atoms with Crippen molar-refractivity contribution in [1.82, 2.24) is 29.2 Å². The van der Waals surface area contributed by atoms with Gasteiger partial charge in [0.1, 0.15) is 11.6 Å². The van der Waals surface area contributed by atoms with E-state index in [4.69, 9.17) is 5.73 Å². The third kappa shape index (κ3) is 4.94. The van der Waals surface area contributed by atoms with Crippen LogP contribution in [-0.2, 0) is 13.1 Å². The number of halogens is 2. The van der Waals surface area contributed by atoms with E-state index in [1.807, 2.05) is 19.3 Å². The van der Waals surface area contributed by atoms with Crippen molar-refractivity contribution in [1.29, 1.82) is 0 Å². The van der Waals surface area contributed by atoms with Crippen molar-refractivity contribution in [2.75, 3.05) is 26.2 Å². The van der Waals surface area contributed by atoms with Crippen LogP contribution in [0.15, 0.2) is 12.4 Å². The number of nitrogens with zero attached hydrogens (tertiary/aromatic N) is 6. The summed E-state index contributed by atoms with van der Waals surface area (Å²) in [5, 5.41) is 8.99. The maximum absolute atomic E-state index is 5.66. The number of hydrogen-bond acceptors (Lipinski definition) is 5. The van der Waals surface area contributed by atoms with Gasteiger partial charge in [-0.3, -0.25) is 0 Å². The molecule has 0 amide bonds. The van der Waals surface area contributed by atoms with E-state index in [1.54, 1.807) is 0 Å². The number of likely N-dealkylation sites (tertiary alicyclic amines) is 1. The van der Waals surface area contributed by atoms with Crippen LogP contribution in [0.4, 0.5) is 0 Å². The topological polar surface area (TPSA) is 77.8 Å². The van der Waals surface area contributed by atoms with E-state index in [0.717, 1.165) is 69.6 Å². The Balaban J connectivity index is 0.00000156. The molecule has 2 N–H and O–H groups in total. The summed E-state index contributed by atoms with van der Waals surface area (Å²) in [6.45, 7) is 9.78. The average Bonchev–Trinajstić information content (AvgIpc) is 3.15. The number of imidazole rings is 1. The Bertz CT molecular complexity index is 632. The fourth-order valence-corrected chi connectivity index (χ4v) is 3.43. The summed E-state index contributed by atoms with van der Waals surface area (Å²) in [5.74, 6) is 3.68. The summed E-state index contributed by atoms with van der Waals surface area (Å²) >= 11 is 0. The maximum atomic E-state index is 5.66. The standard InChI is InChI=1S/C16H27N7.2ClH/c1-3-23-15(12-22-11-7-18-13(22)2)19-20-16(23)14-4-8-21(9-5-14)10-6-17;;/h7,11,14H,3-6,8-10,12,17H2,1-2H3;2*1H. The van der Waals surface area contributed by atoms with Gasteiger partial charge in [0.15, 0.2) is 5.82 Å². The van der Waals surface area contributed by atoms with Gasteiger partial charge in [0.05, 0.1) is 6.54 Å². The zero-order valence-electron chi connectivity index (χ0n) is 15.0. The maximum Gasteiger partial charge on any atom is 0.153 e. The normalized spacial score (nSPS) is 15.6. The Morgan fingerprint density at radius 1 is 1.20 bits per heavy atom. The Kier molecular flexibility index (Phi) is 8.85. The first-order valence-electron chi connectivity index (χ1n) is 8.55. The first-order valence-corrected chi connectivity index (χ1v) is 8.55. The molecule has 1 saturated heterocycles. The quantitative estimate of drug-likeness (QED) is 0.814. The van der Waals surface area contributed by atoms with Gasteiger partial charge < -0.3 is 19.8 Å². The minimum absolute atomic E-state index is 0. The number of piperidine rings is 1. The van der Waals surface area contributed by atoms with Gasteiger partial charge in [-0.05, 0) is 39.8 Å². The van der Waals surface area contributed by atoms with Gasteiger partial charge in [-0.1, -0.05) is 0 Å². The summed E-state index contributed by atoms with van der Waals surface area (Å²) in [5.41, 5.74) is 5.66. The van der Waals surface area contributed by atoms with Crippen molar-refractivity contribution in [3.05, 3.63) is 29.9 Å². The van der Waals surface area contributed by atoms with Crippen molar-refractivity contribution in [2.24, 2.45) is 5.73 Å². The number of hydrogen-bond donors (Lipinski definition) is 1. The van der Waals surface area contributed by atoms with Crippen molar-refractivity contribution in [2.45, 2.75) is 45.7 Å². The highest BCUT2D eigenvalue weighted by molar-refractivity contribution is 5.85. The van der Waals surface area contributed by atoms with Crippen LogP contribution in [0.5, 0.6) is 0 Å². The molecule has 9 heteroatoms. The Labute approximate surface area is 161 Å². The number of aromatic nitrogens is 5. The fraction of sp³-hybridized carbons (Fsp3) is 0.688. The van der Waals surface area contributed by atoms with Gasteiger partial charge in [-0.25, -0.2) is 4.98 Å². The Morgan fingerprint density at radius 2 is 1.92 bits per heavy atom. The van der Waals surface area contributed by atoms with Gasteiger partial charge in [0.25, 0.3) is 0 Å². The van der Waals surface area contributed by atoms with E-state index in [0.29, 0.717) is 5.92 Å². The second-order valence-electron chi connectivity index (χ2n) is 6.23. The molecule has 0 radical (unpaired) electrons. The van der Waals surface area contributed by atoms with Gasteiger partial charge >= 0.3 is 0 Å². The molecule has 0 aliphatic carbocycles. The van der Waals surface area contributed by atoms with Crippen LogP contribution in [0, 0.1) is 6.92 Å². The summed E-state index contributed by atoms with van der Waals surface area (Å²) in [4.78, 5) is 6.72. The third-order valence-corrected chi connectivity index (χ3v) is 4.81. The first kappa shape index (κ1) is 21.9. The smallest absolute Gasteiger partial charge is 0.153 e. The molecule has 0 saturated carbocycles. The van der Waals surface area contributed by atoms with Crippen LogP contribution in [0.25, 0.3) is 0 Å². The van der Waals surface area contributed by atoms with Crippen LogP contribution >= 0.6 is 24.8 Å². The summed E-state index contributed by atoms with van der Waals surface area (Å²) in [7, 11) is 0. The molecule has 2 aromatic rings. The summed E-state index contributed by atoms with van der Waals surface area (Å²) in [6, 6.07) is 0.